The number of nitrogens with one attached hydrogen (secondary N) is 3. The van der Waals surface area contributed by atoms with Gasteiger partial charge in [0.15, 0.2) is 5.78 Å². The molecule has 3 amide bonds. The van der Waals surface area contributed by atoms with Crippen LogP contribution in [0.25, 0.3) is 0 Å². The van der Waals surface area contributed by atoms with Crippen molar-refractivity contribution in [3.05, 3.63) is 35.9 Å². The van der Waals surface area contributed by atoms with Gasteiger partial charge in [0.1, 0.15) is 29.5 Å². The molecule has 11 heteroatoms. The van der Waals surface area contributed by atoms with Crippen LogP contribution >= 0.6 is 0 Å². The Kier molecular flexibility index (Phi) is 9.98. The van der Waals surface area contributed by atoms with Crippen LogP contribution in [0.3, 0.4) is 0 Å². The number of rotatable bonds is 14. The van der Waals surface area contributed by atoms with Gasteiger partial charge in [-0.2, -0.15) is 0 Å². The lowest BCUT2D eigenvalue weighted by Gasteiger charge is -2.26. The van der Waals surface area contributed by atoms with Gasteiger partial charge in [-0.15, -0.1) is 0 Å². The number of amides is 3. The van der Waals surface area contributed by atoms with Gasteiger partial charge in [0.05, 0.1) is 19.3 Å². The van der Waals surface area contributed by atoms with Crippen molar-refractivity contribution in [1.29, 1.82) is 0 Å². The molecule has 2 aliphatic rings. The summed E-state index contributed by atoms with van der Waals surface area (Å²) in [5.41, 5.74) is 0.0926. The summed E-state index contributed by atoms with van der Waals surface area (Å²) < 4.78 is 10.5. The van der Waals surface area contributed by atoms with E-state index in [0.717, 1.165) is 5.56 Å². The molecule has 3 rings (SSSR count). The van der Waals surface area contributed by atoms with Crippen molar-refractivity contribution < 1.29 is 33.5 Å². The quantitative estimate of drug-likeness (QED) is 0.303. The molecule has 11 nitrogen and oxygen atoms in total. The molecule has 0 bridgehead atoms. The van der Waals surface area contributed by atoms with E-state index in [-0.39, 0.29) is 36.5 Å². The van der Waals surface area contributed by atoms with Crippen molar-refractivity contribution in [2.45, 2.75) is 76.8 Å². The molecule has 208 valence electrons. The van der Waals surface area contributed by atoms with Crippen molar-refractivity contribution in [1.82, 2.24) is 16.0 Å². The third-order valence-corrected chi connectivity index (χ3v) is 6.40. The number of ketones is 1. The summed E-state index contributed by atoms with van der Waals surface area (Å²) in [6.07, 6.45) is 0.704. The number of epoxide rings is 1. The van der Waals surface area contributed by atoms with E-state index >= 15 is 0 Å². The third kappa shape index (κ3) is 8.09. The lowest BCUT2D eigenvalue weighted by Crippen LogP contribution is -2.58. The van der Waals surface area contributed by atoms with Crippen molar-refractivity contribution in [3.8, 4) is 0 Å². The number of benzene rings is 1. The number of oxime groups is 1. The average Bonchev–Trinajstić information content (AvgIpc) is 3.48. The first kappa shape index (κ1) is 29.2. The molecule has 0 saturated carbocycles. The van der Waals surface area contributed by atoms with E-state index in [1.165, 1.54) is 7.11 Å². The number of ether oxygens (including phenoxy) is 2. The minimum atomic E-state index is -1.08. The third-order valence-electron chi connectivity index (χ3n) is 6.40. The number of carbonyl (C=O) groups is 4. The van der Waals surface area contributed by atoms with Crippen molar-refractivity contribution in [2.24, 2.45) is 11.1 Å². The zero-order valence-corrected chi connectivity index (χ0v) is 22.6. The highest BCUT2D eigenvalue weighted by molar-refractivity contribution is 6.39. The SMILES string of the molecule is COC[C@H](NC(=O)C1=NOC(C)C1)C(=O)N[C@@H](Cc1ccccc1)C(=O)N[C@@H](CC(C)C)C(=O)[C@@]1(C)CO1. The fourth-order valence-corrected chi connectivity index (χ4v) is 4.15. The molecule has 0 radical (unpaired) electrons. The molecule has 1 aromatic rings. The van der Waals surface area contributed by atoms with Crippen molar-refractivity contribution >= 4 is 29.2 Å². The Bertz CT molecular complexity index is 1040. The molecule has 1 fully saturated rings. The van der Waals surface area contributed by atoms with Gasteiger partial charge in [0, 0.05) is 20.0 Å². The van der Waals surface area contributed by atoms with E-state index in [1.807, 2.05) is 44.2 Å². The van der Waals surface area contributed by atoms with E-state index in [4.69, 9.17) is 14.3 Å². The number of hydrogen-bond donors (Lipinski definition) is 3. The Morgan fingerprint density at radius 3 is 2.24 bits per heavy atom. The lowest BCUT2D eigenvalue weighted by atomic mass is 9.93. The highest BCUT2D eigenvalue weighted by Gasteiger charge is 2.50. The van der Waals surface area contributed by atoms with Crippen LogP contribution in [0.2, 0.25) is 0 Å². The monoisotopic (exact) mass is 530 g/mol. The van der Waals surface area contributed by atoms with Crippen LogP contribution in [0.5, 0.6) is 0 Å². The van der Waals surface area contributed by atoms with Gasteiger partial charge in [0.2, 0.25) is 11.8 Å². The van der Waals surface area contributed by atoms with Crippen LogP contribution in [-0.2, 0) is 39.9 Å². The van der Waals surface area contributed by atoms with Gasteiger partial charge in [-0.25, -0.2) is 0 Å². The predicted octanol–water partition coefficient (Wildman–Crippen LogP) is 0.899. The van der Waals surface area contributed by atoms with Gasteiger partial charge < -0.3 is 30.3 Å². The van der Waals surface area contributed by atoms with E-state index in [0.29, 0.717) is 19.4 Å². The number of nitrogens with zero attached hydrogens (tertiary/aromatic N) is 1. The van der Waals surface area contributed by atoms with Crippen LogP contribution in [0.1, 0.15) is 46.1 Å². The van der Waals surface area contributed by atoms with Gasteiger partial charge in [0.25, 0.3) is 5.91 Å². The van der Waals surface area contributed by atoms with Crippen LogP contribution in [0.4, 0.5) is 0 Å². The Hall–Kier alpha value is -3.31. The van der Waals surface area contributed by atoms with E-state index < -0.39 is 41.4 Å². The van der Waals surface area contributed by atoms with E-state index in [1.54, 1.807) is 13.8 Å². The Labute approximate surface area is 223 Å². The number of carbonyl (C=O) groups excluding carboxylic acids is 4. The fourth-order valence-electron chi connectivity index (χ4n) is 4.15. The van der Waals surface area contributed by atoms with E-state index in [2.05, 4.69) is 21.1 Å². The summed E-state index contributed by atoms with van der Waals surface area (Å²) >= 11 is 0. The number of hydrogen-bond acceptors (Lipinski definition) is 8. The molecular formula is C27H38N4O7. The second-order valence-corrected chi connectivity index (χ2v) is 10.5. The molecule has 0 spiro atoms. The van der Waals surface area contributed by atoms with Crippen LogP contribution in [-0.4, -0.2) is 79.4 Å². The first-order valence-electron chi connectivity index (χ1n) is 12.9. The molecule has 5 atom stereocenters. The van der Waals surface area contributed by atoms with Crippen molar-refractivity contribution in [2.75, 3.05) is 20.3 Å². The number of methoxy groups -OCH3 is 1. The zero-order chi connectivity index (χ0) is 27.9. The molecule has 3 N–H and O–H groups in total. The highest BCUT2D eigenvalue weighted by atomic mass is 16.6. The molecular weight excluding hydrogens is 492 g/mol. The van der Waals surface area contributed by atoms with E-state index in [9.17, 15) is 19.2 Å². The highest BCUT2D eigenvalue weighted by Crippen LogP contribution is 2.29. The normalized spacial score (nSPS) is 22.5. The second-order valence-electron chi connectivity index (χ2n) is 10.5. The summed E-state index contributed by atoms with van der Waals surface area (Å²) in [6, 6.07) is 6.36. The molecule has 1 aromatic carbocycles. The summed E-state index contributed by atoms with van der Waals surface area (Å²) in [7, 11) is 1.40. The Balaban J connectivity index is 1.76. The Morgan fingerprint density at radius 2 is 1.68 bits per heavy atom. The largest absolute Gasteiger partial charge is 0.392 e. The molecule has 2 heterocycles. The maximum atomic E-state index is 13.5. The maximum Gasteiger partial charge on any atom is 0.269 e. The second kappa shape index (κ2) is 13.0. The molecule has 0 aromatic heterocycles. The van der Waals surface area contributed by atoms with Crippen LogP contribution in [0, 0.1) is 5.92 Å². The summed E-state index contributed by atoms with van der Waals surface area (Å²) in [6.45, 7) is 7.60. The van der Waals surface area contributed by atoms with Crippen LogP contribution in [0.15, 0.2) is 35.5 Å². The zero-order valence-electron chi connectivity index (χ0n) is 22.6. The van der Waals surface area contributed by atoms with Gasteiger partial charge in [-0.1, -0.05) is 49.3 Å². The standard InChI is InChI=1S/C27H38N4O7/c1-16(2)11-19(23(32)27(4)15-37-27)28-24(33)20(13-18-9-7-6-8-10-18)29-26(35)22(14-36-5)30-25(34)21-12-17(3)38-31-21/h6-10,16-17,19-20,22H,11-15H2,1-5H3,(H,28,33)(H,29,35)(H,30,34)/t17?,19-,20-,22-,27+/m0/s1. The smallest absolute Gasteiger partial charge is 0.269 e. The first-order valence-corrected chi connectivity index (χ1v) is 12.9. The van der Waals surface area contributed by atoms with Gasteiger partial charge in [-0.3, -0.25) is 19.2 Å². The fraction of sp³-hybridized carbons (Fsp3) is 0.593. The predicted molar refractivity (Wildman–Crippen MR) is 139 cm³/mol. The lowest BCUT2D eigenvalue weighted by molar-refractivity contribution is -0.134. The molecule has 0 aliphatic carbocycles. The van der Waals surface area contributed by atoms with Gasteiger partial charge >= 0.3 is 0 Å². The molecule has 2 aliphatic heterocycles. The molecule has 38 heavy (non-hydrogen) atoms. The van der Waals surface area contributed by atoms with Gasteiger partial charge in [-0.05, 0) is 31.7 Å². The summed E-state index contributed by atoms with van der Waals surface area (Å²) in [4.78, 5) is 57.5. The molecule has 1 saturated heterocycles. The van der Waals surface area contributed by atoms with Crippen molar-refractivity contribution in [3.63, 3.8) is 0 Å². The summed E-state index contributed by atoms with van der Waals surface area (Å²) in [5.74, 6) is -1.71. The topological polar surface area (TPSA) is 148 Å². The Morgan fingerprint density at radius 1 is 1.05 bits per heavy atom. The number of Topliss-reactive ketones (excluding diaryl/α,β-unsaturated/α-hetero) is 1. The average molecular weight is 531 g/mol. The maximum absolute atomic E-state index is 13.5. The minimum Gasteiger partial charge on any atom is -0.392 e. The molecule has 1 unspecified atom stereocenters. The minimum absolute atomic E-state index is 0.120. The summed E-state index contributed by atoms with van der Waals surface area (Å²) in [5, 5.41) is 12.0. The van der Waals surface area contributed by atoms with Crippen LogP contribution < -0.4 is 16.0 Å². The first-order chi connectivity index (χ1) is 18.0.